The Bertz CT molecular complexity index is 1220. The van der Waals surface area contributed by atoms with E-state index < -0.39 is 23.5 Å². The molecule has 7 nitrogen and oxygen atoms in total. The summed E-state index contributed by atoms with van der Waals surface area (Å²) in [5.41, 5.74) is 3.79. The number of hydrogen-bond acceptors (Lipinski definition) is 4. The van der Waals surface area contributed by atoms with E-state index in [0.29, 0.717) is 30.8 Å². The fraction of sp³-hybridized carbons (Fsp3) is 0.269. The molecule has 2 aromatic carbocycles. The lowest BCUT2D eigenvalue weighted by Crippen LogP contribution is -2.44. The summed E-state index contributed by atoms with van der Waals surface area (Å²) in [7, 11) is 0. The lowest BCUT2D eigenvalue weighted by Gasteiger charge is -2.32. The maximum atomic E-state index is 13.0. The van der Waals surface area contributed by atoms with E-state index in [2.05, 4.69) is 10.3 Å². The average Bonchev–Trinajstić information content (AvgIpc) is 2.82. The van der Waals surface area contributed by atoms with Gasteiger partial charge >= 0.3 is 5.97 Å². The third kappa shape index (κ3) is 5.04. The van der Waals surface area contributed by atoms with Crippen molar-refractivity contribution in [2.24, 2.45) is 0 Å². The molecule has 3 aromatic rings. The zero-order valence-electron chi connectivity index (χ0n) is 18.5. The van der Waals surface area contributed by atoms with Crippen molar-refractivity contribution in [2.75, 3.05) is 11.9 Å². The lowest BCUT2D eigenvalue weighted by molar-refractivity contribution is -0.144. The molecule has 0 saturated carbocycles. The van der Waals surface area contributed by atoms with E-state index in [1.54, 1.807) is 12.3 Å². The number of aromatic amines is 1. The number of carboxylic acids is 1. The number of H-pyrrole nitrogens is 1. The highest BCUT2D eigenvalue weighted by Gasteiger charge is 2.28. The second-order valence-corrected chi connectivity index (χ2v) is 8.37. The van der Waals surface area contributed by atoms with Crippen molar-refractivity contribution in [2.45, 2.75) is 38.8 Å². The fourth-order valence-corrected chi connectivity index (χ4v) is 4.37. The molecule has 33 heavy (non-hydrogen) atoms. The summed E-state index contributed by atoms with van der Waals surface area (Å²) in [6.07, 6.45) is 3.96. The number of pyridine rings is 1. The van der Waals surface area contributed by atoms with Gasteiger partial charge in [-0.3, -0.25) is 19.3 Å². The number of amides is 1. The number of benzene rings is 2. The first-order valence-electron chi connectivity index (χ1n) is 11.1. The van der Waals surface area contributed by atoms with Crippen LogP contribution in [0.25, 0.3) is 11.1 Å². The van der Waals surface area contributed by atoms with Gasteiger partial charge in [0.15, 0.2) is 0 Å². The third-order valence-electron chi connectivity index (χ3n) is 6.16. The summed E-state index contributed by atoms with van der Waals surface area (Å²) < 4.78 is 0. The number of anilines is 1. The van der Waals surface area contributed by atoms with Gasteiger partial charge in [-0.2, -0.15) is 0 Å². The van der Waals surface area contributed by atoms with E-state index in [1.165, 1.54) is 0 Å². The molecule has 1 aliphatic rings. The van der Waals surface area contributed by atoms with Gasteiger partial charge in [0, 0.05) is 18.4 Å². The highest BCUT2D eigenvalue weighted by atomic mass is 16.4. The molecule has 4 rings (SSSR count). The van der Waals surface area contributed by atoms with Gasteiger partial charge in [0.25, 0.3) is 11.5 Å². The van der Waals surface area contributed by atoms with Crippen molar-refractivity contribution in [3.63, 3.8) is 0 Å². The molecule has 0 unspecified atom stereocenters. The van der Waals surface area contributed by atoms with Crippen LogP contribution in [-0.4, -0.2) is 39.5 Å². The number of piperidine rings is 1. The molecule has 1 fully saturated rings. The number of carbonyl (C=O) groups excluding carboxylic acids is 1. The Hall–Kier alpha value is -3.71. The Kier molecular flexibility index (Phi) is 6.70. The first-order chi connectivity index (χ1) is 15.9. The highest BCUT2D eigenvalue weighted by molar-refractivity contribution is 6.05. The van der Waals surface area contributed by atoms with Crippen molar-refractivity contribution in [1.82, 2.24) is 9.88 Å². The molecule has 170 valence electrons. The second kappa shape index (κ2) is 9.83. The number of nitrogens with one attached hydrogen (secondary N) is 2. The minimum absolute atomic E-state index is 0.000832. The number of carbonyl (C=O) groups is 2. The minimum Gasteiger partial charge on any atom is -0.480 e. The molecule has 0 bridgehead atoms. The summed E-state index contributed by atoms with van der Waals surface area (Å²) in [4.78, 5) is 41.5. The Labute approximate surface area is 192 Å². The molecule has 0 spiro atoms. The summed E-state index contributed by atoms with van der Waals surface area (Å²) in [5, 5.41) is 12.4. The second-order valence-electron chi connectivity index (χ2n) is 8.37. The van der Waals surface area contributed by atoms with Gasteiger partial charge in [-0.15, -0.1) is 0 Å². The van der Waals surface area contributed by atoms with E-state index in [4.69, 9.17) is 0 Å². The first kappa shape index (κ1) is 22.5. The van der Waals surface area contributed by atoms with Crippen LogP contribution in [0.4, 0.5) is 5.69 Å². The summed E-state index contributed by atoms with van der Waals surface area (Å²) in [6.45, 7) is 2.96. The fourth-order valence-electron chi connectivity index (χ4n) is 4.37. The molecule has 1 aliphatic heterocycles. The van der Waals surface area contributed by atoms with Gasteiger partial charge in [0.2, 0.25) is 0 Å². The van der Waals surface area contributed by atoms with Gasteiger partial charge in [0.05, 0.1) is 0 Å². The molecule has 0 aliphatic carbocycles. The Morgan fingerprint density at radius 3 is 2.67 bits per heavy atom. The van der Waals surface area contributed by atoms with Crippen LogP contribution in [0.1, 0.15) is 40.7 Å². The molecule has 3 N–H and O–H groups in total. The zero-order chi connectivity index (χ0) is 23.4. The largest absolute Gasteiger partial charge is 0.480 e. The van der Waals surface area contributed by atoms with Crippen molar-refractivity contribution in [1.29, 1.82) is 0 Å². The third-order valence-corrected chi connectivity index (χ3v) is 6.16. The number of carboxylic acid groups (broad SMARTS) is 1. The standard InChI is InChI=1S/C26H27N3O4/c1-17-20(19-8-3-2-4-9-19)10-7-11-22(17)28-25(31)21-14-18(15-27-24(21)30)16-29-13-6-5-12-23(29)26(32)33/h2-4,7-11,14-15,23H,5-6,12-13,16H2,1H3,(H,27,30)(H,28,31)(H,32,33)/t23-/m0/s1. The van der Waals surface area contributed by atoms with Crippen LogP contribution < -0.4 is 10.9 Å². The molecule has 0 radical (unpaired) electrons. The molecular formula is C26H27N3O4. The van der Waals surface area contributed by atoms with Crippen LogP contribution in [-0.2, 0) is 11.3 Å². The zero-order valence-corrected chi connectivity index (χ0v) is 18.5. The highest BCUT2D eigenvalue weighted by Crippen LogP contribution is 2.28. The molecule has 1 atom stereocenters. The van der Waals surface area contributed by atoms with Crippen LogP contribution in [0.15, 0.2) is 65.6 Å². The number of nitrogens with zero attached hydrogens (tertiary/aromatic N) is 1. The molecule has 1 saturated heterocycles. The van der Waals surface area contributed by atoms with Crippen LogP contribution >= 0.6 is 0 Å². The van der Waals surface area contributed by atoms with E-state index in [9.17, 15) is 19.5 Å². The monoisotopic (exact) mass is 445 g/mol. The number of likely N-dealkylation sites (tertiary alicyclic amines) is 1. The predicted molar refractivity (Wildman–Crippen MR) is 127 cm³/mol. The topological polar surface area (TPSA) is 102 Å². The SMILES string of the molecule is Cc1c(NC(=O)c2cc(CN3CCCC[C@H]3C(=O)O)c[nH]c2=O)cccc1-c1ccccc1. The molecule has 7 heteroatoms. The van der Waals surface area contributed by atoms with E-state index in [1.807, 2.05) is 60.4 Å². The number of rotatable bonds is 6. The average molecular weight is 446 g/mol. The van der Waals surface area contributed by atoms with Crippen LogP contribution in [0.5, 0.6) is 0 Å². The number of aliphatic carboxylic acids is 1. The lowest BCUT2D eigenvalue weighted by atomic mass is 9.99. The van der Waals surface area contributed by atoms with Crippen molar-refractivity contribution in [3.05, 3.63) is 87.8 Å². The predicted octanol–water partition coefficient (Wildman–Crippen LogP) is 4.04. The van der Waals surface area contributed by atoms with Crippen molar-refractivity contribution in [3.8, 4) is 11.1 Å². The minimum atomic E-state index is -0.842. The quantitative estimate of drug-likeness (QED) is 0.531. The van der Waals surface area contributed by atoms with Gasteiger partial charge < -0.3 is 15.4 Å². The Balaban J connectivity index is 1.56. The van der Waals surface area contributed by atoms with E-state index in [-0.39, 0.29) is 5.56 Å². The van der Waals surface area contributed by atoms with E-state index in [0.717, 1.165) is 29.5 Å². The van der Waals surface area contributed by atoms with E-state index >= 15 is 0 Å². The number of hydrogen-bond donors (Lipinski definition) is 3. The van der Waals surface area contributed by atoms with Gasteiger partial charge in [-0.1, -0.05) is 48.9 Å². The molecule has 1 amide bonds. The number of aromatic nitrogens is 1. The van der Waals surface area contributed by atoms with Crippen LogP contribution in [0.3, 0.4) is 0 Å². The summed E-state index contributed by atoms with van der Waals surface area (Å²) in [5.74, 6) is -1.34. The van der Waals surface area contributed by atoms with Gasteiger partial charge in [-0.25, -0.2) is 0 Å². The maximum absolute atomic E-state index is 13.0. The van der Waals surface area contributed by atoms with Gasteiger partial charge in [0.1, 0.15) is 11.6 Å². The van der Waals surface area contributed by atoms with Crippen molar-refractivity contribution >= 4 is 17.6 Å². The smallest absolute Gasteiger partial charge is 0.320 e. The van der Waals surface area contributed by atoms with Gasteiger partial charge in [-0.05, 0) is 60.7 Å². The van der Waals surface area contributed by atoms with Crippen molar-refractivity contribution < 1.29 is 14.7 Å². The Morgan fingerprint density at radius 1 is 1.12 bits per heavy atom. The molecule has 1 aromatic heterocycles. The summed E-state index contributed by atoms with van der Waals surface area (Å²) in [6, 6.07) is 16.6. The normalized spacial score (nSPS) is 16.3. The van der Waals surface area contributed by atoms with Crippen LogP contribution in [0, 0.1) is 6.92 Å². The Morgan fingerprint density at radius 2 is 1.91 bits per heavy atom. The first-order valence-corrected chi connectivity index (χ1v) is 11.1. The van der Waals surface area contributed by atoms with Crippen LogP contribution in [0.2, 0.25) is 0 Å². The molecule has 2 heterocycles. The maximum Gasteiger partial charge on any atom is 0.320 e. The summed E-state index contributed by atoms with van der Waals surface area (Å²) >= 11 is 0. The molecular weight excluding hydrogens is 418 g/mol.